The largest absolute Gasteiger partial charge is 0.382 e. The standard InChI is InChI=1S/C14H29NO2/c1-5-14(4)12(11-13(14)17-7-3)15-9-8-10-16-6-2/h12-13,15H,5-11H2,1-4H3. The molecule has 0 radical (unpaired) electrons. The SMILES string of the molecule is CCOCCCNC1CC(OCC)C1(C)CC. The predicted octanol–water partition coefficient (Wildman–Crippen LogP) is 2.60. The molecule has 1 saturated carbocycles. The number of rotatable bonds is 9. The molecule has 3 atom stereocenters. The third-order valence-electron chi connectivity index (χ3n) is 4.17. The van der Waals surface area contributed by atoms with Gasteiger partial charge in [0.15, 0.2) is 0 Å². The molecule has 3 heteroatoms. The lowest BCUT2D eigenvalue weighted by molar-refractivity contribution is -0.125. The maximum absolute atomic E-state index is 5.79. The molecule has 17 heavy (non-hydrogen) atoms. The Morgan fingerprint density at radius 2 is 2.00 bits per heavy atom. The highest BCUT2D eigenvalue weighted by atomic mass is 16.5. The second kappa shape index (κ2) is 7.34. The van der Waals surface area contributed by atoms with Crippen LogP contribution in [0.15, 0.2) is 0 Å². The molecule has 0 aliphatic heterocycles. The van der Waals surface area contributed by atoms with Crippen LogP contribution in [0, 0.1) is 5.41 Å². The lowest BCUT2D eigenvalue weighted by atomic mass is 9.61. The highest BCUT2D eigenvalue weighted by molar-refractivity contribution is 5.04. The summed E-state index contributed by atoms with van der Waals surface area (Å²) in [7, 11) is 0. The molecule has 0 saturated heterocycles. The Bertz CT molecular complexity index is 210. The van der Waals surface area contributed by atoms with E-state index in [0.29, 0.717) is 17.6 Å². The van der Waals surface area contributed by atoms with Gasteiger partial charge in [-0.1, -0.05) is 13.8 Å². The van der Waals surface area contributed by atoms with Gasteiger partial charge >= 0.3 is 0 Å². The van der Waals surface area contributed by atoms with Gasteiger partial charge in [-0.05, 0) is 39.7 Å². The first-order chi connectivity index (χ1) is 8.19. The molecule has 0 bridgehead atoms. The highest BCUT2D eigenvalue weighted by Gasteiger charge is 2.50. The Hall–Kier alpha value is -0.120. The zero-order valence-corrected chi connectivity index (χ0v) is 11.9. The van der Waals surface area contributed by atoms with Crippen LogP contribution >= 0.6 is 0 Å². The fourth-order valence-electron chi connectivity index (χ4n) is 2.66. The lowest BCUT2D eigenvalue weighted by Gasteiger charge is -2.53. The van der Waals surface area contributed by atoms with Crippen LogP contribution in [-0.4, -0.2) is 38.5 Å². The summed E-state index contributed by atoms with van der Waals surface area (Å²) in [4.78, 5) is 0. The van der Waals surface area contributed by atoms with Crippen LogP contribution in [0.1, 0.15) is 47.0 Å². The van der Waals surface area contributed by atoms with Gasteiger partial charge < -0.3 is 14.8 Å². The Balaban J connectivity index is 2.21. The molecule has 3 unspecified atom stereocenters. The van der Waals surface area contributed by atoms with Crippen LogP contribution in [0.3, 0.4) is 0 Å². The molecule has 0 aromatic rings. The summed E-state index contributed by atoms with van der Waals surface area (Å²) in [5.74, 6) is 0. The van der Waals surface area contributed by atoms with Gasteiger partial charge in [0.2, 0.25) is 0 Å². The highest BCUT2D eigenvalue weighted by Crippen LogP contribution is 2.45. The van der Waals surface area contributed by atoms with E-state index in [1.54, 1.807) is 0 Å². The van der Waals surface area contributed by atoms with Crippen molar-refractivity contribution in [1.82, 2.24) is 5.32 Å². The van der Waals surface area contributed by atoms with Gasteiger partial charge in [-0.15, -0.1) is 0 Å². The van der Waals surface area contributed by atoms with E-state index in [0.717, 1.165) is 39.2 Å². The van der Waals surface area contributed by atoms with Crippen LogP contribution in [0.4, 0.5) is 0 Å². The average Bonchev–Trinajstić information content (AvgIpc) is 2.35. The smallest absolute Gasteiger partial charge is 0.0658 e. The Labute approximate surface area is 106 Å². The van der Waals surface area contributed by atoms with E-state index >= 15 is 0 Å². The molecule has 1 aliphatic carbocycles. The predicted molar refractivity (Wildman–Crippen MR) is 71.3 cm³/mol. The maximum atomic E-state index is 5.79. The molecule has 0 heterocycles. The van der Waals surface area contributed by atoms with Crippen molar-refractivity contribution in [1.29, 1.82) is 0 Å². The summed E-state index contributed by atoms with van der Waals surface area (Å²) in [5.41, 5.74) is 0.321. The molecular formula is C14H29NO2. The molecule has 0 amide bonds. The second-order valence-electron chi connectivity index (χ2n) is 5.10. The van der Waals surface area contributed by atoms with E-state index in [4.69, 9.17) is 9.47 Å². The average molecular weight is 243 g/mol. The van der Waals surface area contributed by atoms with Crippen molar-refractivity contribution in [3.8, 4) is 0 Å². The molecule has 1 rings (SSSR count). The van der Waals surface area contributed by atoms with Gasteiger partial charge in [-0.25, -0.2) is 0 Å². The van der Waals surface area contributed by atoms with Crippen LogP contribution in [-0.2, 0) is 9.47 Å². The molecule has 0 aromatic heterocycles. The molecular weight excluding hydrogens is 214 g/mol. The van der Waals surface area contributed by atoms with Gasteiger partial charge in [0.25, 0.3) is 0 Å². The van der Waals surface area contributed by atoms with Crippen LogP contribution in [0.2, 0.25) is 0 Å². The van der Waals surface area contributed by atoms with Crippen molar-refractivity contribution in [3.05, 3.63) is 0 Å². The van der Waals surface area contributed by atoms with Crippen LogP contribution in [0.5, 0.6) is 0 Å². The minimum absolute atomic E-state index is 0.321. The van der Waals surface area contributed by atoms with E-state index in [-0.39, 0.29) is 0 Å². The number of nitrogens with one attached hydrogen (secondary N) is 1. The van der Waals surface area contributed by atoms with E-state index in [2.05, 4.69) is 26.1 Å². The molecule has 3 nitrogen and oxygen atoms in total. The zero-order valence-electron chi connectivity index (χ0n) is 11.9. The maximum Gasteiger partial charge on any atom is 0.0658 e. The van der Waals surface area contributed by atoms with E-state index < -0.39 is 0 Å². The summed E-state index contributed by atoms with van der Waals surface area (Å²) in [6.45, 7) is 12.3. The summed E-state index contributed by atoms with van der Waals surface area (Å²) in [6.07, 6.45) is 3.89. The first-order valence-electron chi connectivity index (χ1n) is 7.11. The minimum Gasteiger partial charge on any atom is -0.382 e. The summed E-state index contributed by atoms with van der Waals surface area (Å²) in [5, 5.41) is 3.65. The van der Waals surface area contributed by atoms with Gasteiger partial charge in [-0.3, -0.25) is 0 Å². The normalized spacial score (nSPS) is 32.5. The topological polar surface area (TPSA) is 30.5 Å². The van der Waals surface area contributed by atoms with Crippen molar-refractivity contribution < 1.29 is 9.47 Å². The van der Waals surface area contributed by atoms with Gasteiger partial charge in [0.05, 0.1) is 6.10 Å². The molecule has 1 N–H and O–H groups in total. The van der Waals surface area contributed by atoms with Crippen molar-refractivity contribution in [2.75, 3.05) is 26.4 Å². The van der Waals surface area contributed by atoms with Gasteiger partial charge in [0, 0.05) is 31.3 Å². The van der Waals surface area contributed by atoms with Gasteiger partial charge in [-0.2, -0.15) is 0 Å². The Morgan fingerprint density at radius 3 is 2.59 bits per heavy atom. The summed E-state index contributed by atoms with van der Waals surface area (Å²) < 4.78 is 11.1. The quantitative estimate of drug-likeness (QED) is 0.631. The Kier molecular flexibility index (Phi) is 6.45. The fraction of sp³-hybridized carbons (Fsp3) is 1.00. The summed E-state index contributed by atoms with van der Waals surface area (Å²) in [6, 6.07) is 0.616. The first kappa shape index (κ1) is 14.9. The first-order valence-corrected chi connectivity index (χ1v) is 7.11. The minimum atomic E-state index is 0.321. The van der Waals surface area contributed by atoms with Crippen molar-refractivity contribution in [2.45, 2.75) is 59.1 Å². The monoisotopic (exact) mass is 243 g/mol. The van der Waals surface area contributed by atoms with Crippen LogP contribution in [0.25, 0.3) is 0 Å². The zero-order chi connectivity index (χ0) is 12.7. The summed E-state index contributed by atoms with van der Waals surface area (Å²) >= 11 is 0. The van der Waals surface area contributed by atoms with Crippen molar-refractivity contribution >= 4 is 0 Å². The lowest BCUT2D eigenvalue weighted by Crippen LogP contribution is -2.62. The molecule has 102 valence electrons. The number of ether oxygens (including phenoxy) is 2. The molecule has 0 spiro atoms. The third kappa shape index (κ3) is 3.67. The second-order valence-corrected chi connectivity index (χ2v) is 5.10. The third-order valence-corrected chi connectivity index (χ3v) is 4.17. The van der Waals surface area contributed by atoms with Crippen molar-refractivity contribution in [2.24, 2.45) is 5.41 Å². The Morgan fingerprint density at radius 1 is 1.24 bits per heavy atom. The van der Waals surface area contributed by atoms with E-state index in [1.165, 1.54) is 6.42 Å². The van der Waals surface area contributed by atoms with Gasteiger partial charge in [0.1, 0.15) is 0 Å². The molecule has 1 fully saturated rings. The van der Waals surface area contributed by atoms with Crippen LogP contribution < -0.4 is 5.32 Å². The number of hydrogen-bond acceptors (Lipinski definition) is 3. The van der Waals surface area contributed by atoms with E-state index in [9.17, 15) is 0 Å². The van der Waals surface area contributed by atoms with Crippen molar-refractivity contribution in [3.63, 3.8) is 0 Å². The molecule has 1 aliphatic rings. The fourth-order valence-corrected chi connectivity index (χ4v) is 2.66. The number of hydrogen-bond donors (Lipinski definition) is 1. The molecule has 0 aromatic carbocycles. The van der Waals surface area contributed by atoms with E-state index in [1.807, 2.05) is 6.92 Å².